The van der Waals surface area contributed by atoms with Crippen LogP contribution in [0.4, 0.5) is 0 Å². The van der Waals surface area contributed by atoms with Gasteiger partial charge in [-0.05, 0) is 0 Å². The third-order valence-corrected chi connectivity index (χ3v) is 2.01. The van der Waals surface area contributed by atoms with Crippen LogP contribution in [-0.4, -0.2) is 49.7 Å². The number of amides is 1. The molecule has 0 saturated heterocycles. The van der Waals surface area contributed by atoms with E-state index in [0.717, 1.165) is 18.7 Å². The van der Waals surface area contributed by atoms with Crippen molar-refractivity contribution < 1.29 is 4.79 Å². The van der Waals surface area contributed by atoms with Gasteiger partial charge in [0.05, 0.1) is 6.34 Å². The molecule has 0 atom stereocenters. The van der Waals surface area contributed by atoms with Gasteiger partial charge in [0.1, 0.15) is 0 Å². The van der Waals surface area contributed by atoms with Crippen molar-refractivity contribution in [3.8, 4) is 0 Å². The number of carbonyl (C=O) groups excluding carboxylic acids is 1. The highest BCUT2D eigenvalue weighted by Gasteiger charge is 2.06. The van der Waals surface area contributed by atoms with Gasteiger partial charge < -0.3 is 9.80 Å². The van der Waals surface area contributed by atoms with Crippen molar-refractivity contribution in [2.45, 2.75) is 13.3 Å². The molecule has 0 bridgehead atoms. The lowest BCUT2D eigenvalue weighted by molar-refractivity contribution is -0.125. The van der Waals surface area contributed by atoms with Crippen LogP contribution in [0.3, 0.4) is 0 Å². The summed E-state index contributed by atoms with van der Waals surface area (Å²) in [5.74, 6) is 0.0156. The van der Waals surface area contributed by atoms with Crippen LogP contribution in [0.25, 0.3) is 0 Å². The van der Waals surface area contributed by atoms with E-state index in [1.54, 1.807) is 25.3 Å². The Hall–Kier alpha value is -1.32. The second-order valence-corrected chi connectivity index (χ2v) is 3.25. The molecule has 4 nitrogen and oxygen atoms in total. The average molecular weight is 197 g/mol. The Kier molecular flexibility index (Phi) is 5.60. The maximum absolute atomic E-state index is 11.0. The number of hydrogen-bond donors (Lipinski definition) is 0. The molecule has 0 aromatic rings. The molecule has 14 heavy (non-hydrogen) atoms. The molecule has 0 unspecified atom stereocenters. The Morgan fingerprint density at radius 1 is 1.50 bits per heavy atom. The molecule has 0 spiro atoms. The Morgan fingerprint density at radius 2 is 2.07 bits per heavy atom. The molecule has 0 radical (unpaired) electrons. The van der Waals surface area contributed by atoms with Crippen molar-refractivity contribution in [1.29, 1.82) is 0 Å². The van der Waals surface area contributed by atoms with Crippen molar-refractivity contribution in [3.05, 3.63) is 12.3 Å². The maximum Gasteiger partial charge on any atom is 0.223 e. The lowest BCUT2D eigenvalue weighted by Gasteiger charge is -2.20. The van der Waals surface area contributed by atoms with E-state index >= 15 is 0 Å². The van der Waals surface area contributed by atoms with Gasteiger partial charge in [-0.1, -0.05) is 6.58 Å². The summed E-state index contributed by atoms with van der Waals surface area (Å²) in [5.41, 5.74) is 0.828. The van der Waals surface area contributed by atoms with Crippen LogP contribution in [-0.2, 0) is 4.79 Å². The van der Waals surface area contributed by atoms with Crippen molar-refractivity contribution >= 4 is 12.2 Å². The summed E-state index contributed by atoms with van der Waals surface area (Å²) >= 11 is 0. The number of hydrogen-bond acceptors (Lipinski definition) is 2. The Balaban J connectivity index is 3.90. The van der Waals surface area contributed by atoms with Crippen LogP contribution in [0, 0.1) is 0 Å². The molecule has 0 aromatic carbocycles. The number of aliphatic imine (C=N–C) groups is 1. The van der Waals surface area contributed by atoms with Crippen LogP contribution in [0.15, 0.2) is 17.3 Å². The molecular weight excluding hydrogens is 178 g/mol. The van der Waals surface area contributed by atoms with E-state index < -0.39 is 0 Å². The largest absolute Gasteiger partial charge is 0.366 e. The highest BCUT2D eigenvalue weighted by atomic mass is 16.2. The van der Waals surface area contributed by atoms with Gasteiger partial charge in [0.25, 0.3) is 0 Å². The second-order valence-electron chi connectivity index (χ2n) is 3.25. The topological polar surface area (TPSA) is 35.9 Å². The first-order chi connectivity index (χ1) is 6.49. The Labute approximate surface area is 85.9 Å². The average Bonchev–Trinajstić information content (AvgIpc) is 2.13. The number of carbonyl (C=O) groups is 1. The van der Waals surface area contributed by atoms with E-state index in [-0.39, 0.29) is 5.91 Å². The van der Waals surface area contributed by atoms with Gasteiger partial charge in [-0.15, -0.1) is 0 Å². The van der Waals surface area contributed by atoms with Gasteiger partial charge in [0, 0.05) is 46.7 Å². The van der Waals surface area contributed by atoms with Crippen LogP contribution >= 0.6 is 0 Å². The molecule has 0 saturated carbocycles. The third-order valence-electron chi connectivity index (χ3n) is 2.01. The minimum atomic E-state index is 0.0156. The molecular formula is C10H19N3O. The maximum atomic E-state index is 11.0. The zero-order chi connectivity index (χ0) is 11.1. The van der Waals surface area contributed by atoms with Crippen molar-refractivity contribution in [1.82, 2.24) is 9.80 Å². The Bertz CT molecular complexity index is 236. The summed E-state index contributed by atoms with van der Waals surface area (Å²) in [4.78, 5) is 18.4. The minimum Gasteiger partial charge on any atom is -0.366 e. The van der Waals surface area contributed by atoms with Crippen molar-refractivity contribution in [2.24, 2.45) is 4.99 Å². The number of nitrogens with zero attached hydrogens (tertiary/aromatic N) is 3. The standard InChI is InChI=1S/C10H19N3O/c1-9(13(5)10(2)14)6-7-12(4)8-11-3/h8H,1,6-7H2,2-5H3/b11-8-. The van der Waals surface area contributed by atoms with E-state index in [1.807, 2.05) is 11.9 Å². The van der Waals surface area contributed by atoms with Crippen LogP contribution in [0.2, 0.25) is 0 Å². The summed E-state index contributed by atoms with van der Waals surface area (Å²) in [6, 6.07) is 0. The lowest BCUT2D eigenvalue weighted by Crippen LogP contribution is -2.26. The SMILES string of the molecule is C=C(CCN(C)/C=N\C)N(C)C(C)=O. The van der Waals surface area contributed by atoms with Crippen LogP contribution in [0.1, 0.15) is 13.3 Å². The third kappa shape index (κ3) is 4.64. The molecule has 0 N–H and O–H groups in total. The highest BCUT2D eigenvalue weighted by Crippen LogP contribution is 2.04. The van der Waals surface area contributed by atoms with Crippen LogP contribution < -0.4 is 0 Å². The molecule has 0 fully saturated rings. The molecule has 0 aromatic heterocycles. The molecule has 0 aliphatic heterocycles. The van der Waals surface area contributed by atoms with Crippen LogP contribution in [0.5, 0.6) is 0 Å². The van der Waals surface area contributed by atoms with Gasteiger partial charge in [0.2, 0.25) is 5.91 Å². The van der Waals surface area contributed by atoms with E-state index in [2.05, 4.69) is 11.6 Å². The second kappa shape index (κ2) is 6.18. The van der Waals surface area contributed by atoms with Crippen molar-refractivity contribution in [2.75, 3.05) is 27.7 Å². The first kappa shape index (κ1) is 12.7. The molecule has 4 heteroatoms. The first-order valence-corrected chi connectivity index (χ1v) is 4.53. The Morgan fingerprint density at radius 3 is 2.50 bits per heavy atom. The van der Waals surface area contributed by atoms with Gasteiger partial charge >= 0.3 is 0 Å². The predicted molar refractivity (Wildman–Crippen MR) is 59.2 cm³/mol. The van der Waals surface area contributed by atoms with E-state index in [4.69, 9.17) is 0 Å². The summed E-state index contributed by atoms with van der Waals surface area (Å²) in [7, 11) is 5.40. The molecule has 0 heterocycles. The number of rotatable bonds is 5. The highest BCUT2D eigenvalue weighted by molar-refractivity contribution is 5.74. The first-order valence-electron chi connectivity index (χ1n) is 4.53. The molecule has 0 aliphatic carbocycles. The smallest absolute Gasteiger partial charge is 0.223 e. The lowest BCUT2D eigenvalue weighted by atomic mass is 10.3. The fraction of sp³-hybridized carbons (Fsp3) is 0.600. The zero-order valence-corrected chi connectivity index (χ0v) is 9.45. The molecule has 0 rings (SSSR count). The fourth-order valence-electron chi connectivity index (χ4n) is 0.951. The molecule has 80 valence electrons. The summed E-state index contributed by atoms with van der Waals surface area (Å²) in [6.07, 6.45) is 2.51. The van der Waals surface area contributed by atoms with Gasteiger partial charge in [0.15, 0.2) is 0 Å². The van der Waals surface area contributed by atoms with E-state index in [1.165, 1.54) is 6.92 Å². The fourth-order valence-corrected chi connectivity index (χ4v) is 0.951. The quantitative estimate of drug-likeness (QED) is 0.486. The zero-order valence-electron chi connectivity index (χ0n) is 9.45. The minimum absolute atomic E-state index is 0.0156. The van der Waals surface area contributed by atoms with E-state index in [0.29, 0.717) is 0 Å². The van der Waals surface area contributed by atoms with Gasteiger partial charge in [-0.3, -0.25) is 9.79 Å². The summed E-state index contributed by atoms with van der Waals surface area (Å²) in [5, 5.41) is 0. The van der Waals surface area contributed by atoms with E-state index in [9.17, 15) is 4.79 Å². The summed E-state index contributed by atoms with van der Waals surface area (Å²) in [6.45, 7) is 6.19. The van der Waals surface area contributed by atoms with Gasteiger partial charge in [-0.25, -0.2) is 0 Å². The summed E-state index contributed by atoms with van der Waals surface area (Å²) < 4.78 is 0. The van der Waals surface area contributed by atoms with Crippen molar-refractivity contribution in [3.63, 3.8) is 0 Å². The molecule has 0 aliphatic rings. The monoisotopic (exact) mass is 197 g/mol. The van der Waals surface area contributed by atoms with Gasteiger partial charge in [-0.2, -0.15) is 0 Å². The normalized spacial score (nSPS) is 10.3. The predicted octanol–water partition coefficient (Wildman–Crippen LogP) is 0.958. The molecule has 1 amide bonds.